The molecule has 1 amide bonds. The smallest absolute Gasteiger partial charge is 0.408 e. The zero-order valence-corrected chi connectivity index (χ0v) is 12.5. The van der Waals surface area contributed by atoms with Crippen molar-refractivity contribution in [1.29, 1.82) is 0 Å². The third-order valence-corrected chi connectivity index (χ3v) is 1.54. The molecule has 0 atom stereocenters. The summed E-state index contributed by atoms with van der Waals surface area (Å²) in [4.78, 5) is 22.5. The SMILES string of the molecule is CC(C)(C)C#CCOC(=O)CNC(=O)OC(C)(C)C. The molecular formula is C14H23NO4. The first-order valence-corrected chi connectivity index (χ1v) is 6.12. The summed E-state index contributed by atoms with van der Waals surface area (Å²) in [6.07, 6.45) is -0.648. The second-order valence-corrected chi connectivity index (χ2v) is 6.07. The topological polar surface area (TPSA) is 64.6 Å². The van der Waals surface area contributed by atoms with E-state index in [9.17, 15) is 9.59 Å². The van der Waals surface area contributed by atoms with E-state index < -0.39 is 17.7 Å². The van der Waals surface area contributed by atoms with Gasteiger partial charge in [-0.2, -0.15) is 0 Å². The number of amides is 1. The van der Waals surface area contributed by atoms with E-state index in [2.05, 4.69) is 17.2 Å². The average Bonchev–Trinajstić information content (AvgIpc) is 2.17. The second-order valence-electron chi connectivity index (χ2n) is 6.07. The van der Waals surface area contributed by atoms with Gasteiger partial charge >= 0.3 is 12.1 Å². The Morgan fingerprint density at radius 3 is 2.16 bits per heavy atom. The van der Waals surface area contributed by atoms with Gasteiger partial charge in [0.15, 0.2) is 6.61 Å². The van der Waals surface area contributed by atoms with Crippen molar-refractivity contribution in [3.8, 4) is 11.8 Å². The number of hydrogen-bond donors (Lipinski definition) is 1. The van der Waals surface area contributed by atoms with Crippen LogP contribution in [0.2, 0.25) is 0 Å². The third kappa shape index (κ3) is 12.5. The van der Waals surface area contributed by atoms with Crippen molar-refractivity contribution in [2.24, 2.45) is 5.41 Å². The molecule has 0 heterocycles. The number of rotatable bonds is 3. The van der Waals surface area contributed by atoms with Crippen LogP contribution in [0.1, 0.15) is 41.5 Å². The molecule has 19 heavy (non-hydrogen) atoms. The highest BCUT2D eigenvalue weighted by Crippen LogP contribution is 2.09. The van der Waals surface area contributed by atoms with Gasteiger partial charge in [0, 0.05) is 5.41 Å². The van der Waals surface area contributed by atoms with Gasteiger partial charge < -0.3 is 14.8 Å². The van der Waals surface area contributed by atoms with Gasteiger partial charge in [0.05, 0.1) is 0 Å². The highest BCUT2D eigenvalue weighted by Gasteiger charge is 2.16. The van der Waals surface area contributed by atoms with Gasteiger partial charge in [-0.3, -0.25) is 4.79 Å². The molecule has 1 N–H and O–H groups in total. The number of carbonyl (C=O) groups excluding carboxylic acids is 2. The molecule has 0 aromatic rings. The van der Waals surface area contributed by atoms with Crippen molar-refractivity contribution < 1.29 is 19.1 Å². The molecule has 0 aliphatic carbocycles. The van der Waals surface area contributed by atoms with Crippen LogP contribution in [0, 0.1) is 17.3 Å². The highest BCUT2D eigenvalue weighted by atomic mass is 16.6. The molecule has 5 heteroatoms. The van der Waals surface area contributed by atoms with E-state index >= 15 is 0 Å². The normalized spacial score (nSPS) is 11.1. The fraction of sp³-hybridized carbons (Fsp3) is 0.714. The lowest BCUT2D eigenvalue weighted by Crippen LogP contribution is -2.36. The molecule has 0 saturated heterocycles. The fourth-order valence-electron chi connectivity index (χ4n) is 0.927. The maximum atomic E-state index is 11.3. The van der Waals surface area contributed by atoms with Crippen molar-refractivity contribution in [2.45, 2.75) is 47.1 Å². The van der Waals surface area contributed by atoms with E-state index in [4.69, 9.17) is 9.47 Å². The zero-order chi connectivity index (χ0) is 15.1. The molecule has 0 aliphatic heterocycles. The van der Waals surface area contributed by atoms with E-state index in [0.29, 0.717) is 0 Å². The number of ether oxygens (including phenoxy) is 2. The number of esters is 1. The Kier molecular flexibility index (Phi) is 6.40. The summed E-state index contributed by atoms with van der Waals surface area (Å²) < 4.78 is 9.81. The summed E-state index contributed by atoms with van der Waals surface area (Å²) in [5.41, 5.74) is -0.715. The highest BCUT2D eigenvalue weighted by molar-refractivity contribution is 5.78. The zero-order valence-electron chi connectivity index (χ0n) is 12.5. The summed E-state index contributed by atoms with van der Waals surface area (Å²) in [6, 6.07) is 0. The van der Waals surface area contributed by atoms with Crippen molar-refractivity contribution in [3.05, 3.63) is 0 Å². The van der Waals surface area contributed by atoms with Crippen molar-refractivity contribution in [2.75, 3.05) is 13.2 Å². The standard InChI is InChI=1S/C14H23NO4/c1-13(2,3)8-7-9-18-11(16)10-15-12(17)19-14(4,5)6/h9-10H2,1-6H3,(H,15,17). The Hall–Kier alpha value is -1.70. The van der Waals surface area contributed by atoms with Crippen LogP contribution in [-0.2, 0) is 14.3 Å². The summed E-state index contributed by atoms with van der Waals surface area (Å²) in [5.74, 6) is 5.13. The predicted octanol–water partition coefficient (Wildman–Crippen LogP) is 2.10. The van der Waals surface area contributed by atoms with E-state index in [1.54, 1.807) is 20.8 Å². The molecule has 0 rings (SSSR count). The van der Waals surface area contributed by atoms with Crippen molar-refractivity contribution >= 4 is 12.1 Å². The third-order valence-electron chi connectivity index (χ3n) is 1.54. The van der Waals surface area contributed by atoms with Crippen LogP contribution in [0.5, 0.6) is 0 Å². The summed E-state index contributed by atoms with van der Waals surface area (Å²) in [5, 5.41) is 2.31. The maximum Gasteiger partial charge on any atom is 0.408 e. The minimum absolute atomic E-state index is 0.0199. The Balaban J connectivity index is 3.88. The number of carbonyl (C=O) groups is 2. The van der Waals surface area contributed by atoms with Crippen LogP contribution in [0.25, 0.3) is 0 Å². The lowest BCUT2D eigenvalue weighted by atomic mass is 9.98. The lowest BCUT2D eigenvalue weighted by Gasteiger charge is -2.19. The predicted molar refractivity (Wildman–Crippen MR) is 72.4 cm³/mol. The van der Waals surface area contributed by atoms with Gasteiger partial charge in [-0.05, 0) is 41.5 Å². The Labute approximate surface area is 115 Å². The summed E-state index contributed by atoms with van der Waals surface area (Å²) in [6.45, 7) is 10.9. The molecule has 5 nitrogen and oxygen atoms in total. The molecule has 0 aliphatic rings. The van der Waals surface area contributed by atoms with Crippen LogP contribution in [-0.4, -0.2) is 30.8 Å². The van der Waals surface area contributed by atoms with Crippen LogP contribution >= 0.6 is 0 Å². The van der Waals surface area contributed by atoms with E-state index in [1.807, 2.05) is 20.8 Å². The van der Waals surface area contributed by atoms with Crippen LogP contribution in [0.4, 0.5) is 4.79 Å². The fourth-order valence-corrected chi connectivity index (χ4v) is 0.927. The van der Waals surface area contributed by atoms with Gasteiger partial charge in [-0.25, -0.2) is 4.79 Å². The van der Waals surface area contributed by atoms with Crippen LogP contribution in [0.15, 0.2) is 0 Å². The maximum absolute atomic E-state index is 11.3. The van der Waals surface area contributed by atoms with Gasteiger partial charge in [-0.1, -0.05) is 11.8 Å². The van der Waals surface area contributed by atoms with Gasteiger partial charge in [0.25, 0.3) is 0 Å². The first-order valence-electron chi connectivity index (χ1n) is 6.12. The lowest BCUT2D eigenvalue weighted by molar-refractivity contribution is -0.141. The van der Waals surface area contributed by atoms with Gasteiger partial charge in [0.1, 0.15) is 12.1 Å². The first-order chi connectivity index (χ1) is 8.49. The minimum Gasteiger partial charge on any atom is -0.451 e. The molecular weight excluding hydrogens is 246 g/mol. The molecule has 0 unspecified atom stereocenters. The van der Waals surface area contributed by atoms with Crippen LogP contribution in [0.3, 0.4) is 0 Å². The van der Waals surface area contributed by atoms with Crippen molar-refractivity contribution in [1.82, 2.24) is 5.32 Å². The summed E-state index contributed by atoms with van der Waals surface area (Å²) >= 11 is 0. The number of alkyl carbamates (subject to hydrolysis) is 1. The van der Waals surface area contributed by atoms with E-state index in [0.717, 1.165) is 0 Å². The average molecular weight is 269 g/mol. The van der Waals surface area contributed by atoms with Crippen molar-refractivity contribution in [3.63, 3.8) is 0 Å². The van der Waals surface area contributed by atoms with E-state index in [-0.39, 0.29) is 18.6 Å². The largest absolute Gasteiger partial charge is 0.451 e. The molecule has 0 fully saturated rings. The number of hydrogen-bond acceptors (Lipinski definition) is 4. The second kappa shape index (κ2) is 7.03. The minimum atomic E-state index is -0.648. The van der Waals surface area contributed by atoms with E-state index in [1.165, 1.54) is 0 Å². The molecule has 0 saturated carbocycles. The Bertz CT molecular complexity index is 377. The number of nitrogens with one attached hydrogen (secondary N) is 1. The monoisotopic (exact) mass is 269 g/mol. The van der Waals surface area contributed by atoms with Gasteiger partial charge in [-0.15, -0.1) is 0 Å². The first kappa shape index (κ1) is 17.3. The van der Waals surface area contributed by atoms with Crippen LogP contribution < -0.4 is 5.32 Å². The molecule has 0 radical (unpaired) electrons. The molecule has 0 spiro atoms. The molecule has 0 bridgehead atoms. The molecule has 108 valence electrons. The molecule has 0 aromatic carbocycles. The summed E-state index contributed by atoms with van der Waals surface area (Å²) in [7, 11) is 0. The van der Waals surface area contributed by atoms with Gasteiger partial charge in [0.2, 0.25) is 0 Å². The Morgan fingerprint density at radius 1 is 1.11 bits per heavy atom. The Morgan fingerprint density at radius 2 is 1.68 bits per heavy atom. The molecule has 0 aromatic heterocycles. The quantitative estimate of drug-likeness (QED) is 0.629.